The Labute approximate surface area is 135 Å². The predicted octanol–water partition coefficient (Wildman–Crippen LogP) is 1.43. The van der Waals surface area contributed by atoms with Crippen molar-refractivity contribution in [2.45, 2.75) is 33.1 Å². The van der Waals surface area contributed by atoms with Crippen LogP contribution in [0.2, 0.25) is 0 Å². The van der Waals surface area contributed by atoms with Crippen LogP contribution in [0, 0.1) is 30.1 Å². The molecule has 2 rings (SSSR count). The first-order chi connectivity index (χ1) is 10.6. The lowest BCUT2D eigenvalue weighted by molar-refractivity contribution is -0.126. The van der Waals surface area contributed by atoms with Gasteiger partial charge < -0.3 is 10.2 Å². The molecule has 2 aliphatic heterocycles. The third-order valence-electron chi connectivity index (χ3n) is 4.95. The molecule has 4 nitrogen and oxygen atoms in total. The molecule has 0 aliphatic carbocycles. The molecule has 124 valence electrons. The molecule has 2 heterocycles. The quantitative estimate of drug-likeness (QED) is 0.781. The number of amides is 1. The van der Waals surface area contributed by atoms with Crippen molar-refractivity contribution in [3.05, 3.63) is 0 Å². The summed E-state index contributed by atoms with van der Waals surface area (Å²) in [5, 5.41) is 3.14. The van der Waals surface area contributed by atoms with Gasteiger partial charge in [-0.2, -0.15) is 0 Å². The van der Waals surface area contributed by atoms with Crippen molar-refractivity contribution in [2.75, 3.05) is 45.8 Å². The molecule has 0 radical (unpaired) electrons. The van der Waals surface area contributed by atoms with Gasteiger partial charge in [-0.05, 0) is 44.2 Å². The van der Waals surface area contributed by atoms with Crippen molar-refractivity contribution in [3.63, 3.8) is 0 Å². The molecule has 2 atom stereocenters. The smallest absolute Gasteiger partial charge is 0.223 e. The maximum atomic E-state index is 12.2. The van der Waals surface area contributed by atoms with E-state index in [4.69, 9.17) is 6.42 Å². The minimum atomic E-state index is 0.174. The first-order valence-corrected chi connectivity index (χ1v) is 8.74. The molecule has 0 saturated carbocycles. The number of terminal acetylenes is 1. The van der Waals surface area contributed by atoms with Crippen molar-refractivity contribution < 1.29 is 4.79 Å². The van der Waals surface area contributed by atoms with Crippen LogP contribution in [-0.4, -0.2) is 61.5 Å². The Morgan fingerprint density at radius 2 is 1.82 bits per heavy atom. The van der Waals surface area contributed by atoms with Gasteiger partial charge in [-0.1, -0.05) is 19.8 Å². The number of nitrogens with one attached hydrogen (secondary N) is 1. The highest BCUT2D eigenvalue weighted by molar-refractivity contribution is 5.78. The molecule has 0 aromatic carbocycles. The van der Waals surface area contributed by atoms with E-state index in [1.54, 1.807) is 0 Å². The lowest BCUT2D eigenvalue weighted by Gasteiger charge is -2.35. The molecular formula is C18H31N3O. The average Bonchev–Trinajstić information content (AvgIpc) is 2.47. The Balaban J connectivity index is 1.63. The van der Waals surface area contributed by atoms with Crippen LogP contribution in [0.5, 0.6) is 0 Å². The number of carbonyl (C=O) groups excluding carboxylic acids is 1. The zero-order valence-corrected chi connectivity index (χ0v) is 14.2. The number of hydrogen-bond acceptors (Lipinski definition) is 3. The van der Waals surface area contributed by atoms with E-state index in [0.717, 1.165) is 50.9 Å². The van der Waals surface area contributed by atoms with Crippen LogP contribution in [0.15, 0.2) is 0 Å². The number of carbonyl (C=O) groups is 1. The monoisotopic (exact) mass is 305 g/mol. The zero-order valence-electron chi connectivity index (χ0n) is 14.2. The average molecular weight is 305 g/mol. The molecule has 22 heavy (non-hydrogen) atoms. The molecule has 1 N–H and O–H groups in total. The normalized spacial score (nSPS) is 28.2. The van der Waals surface area contributed by atoms with E-state index >= 15 is 0 Å². The number of rotatable bonds is 5. The summed E-state index contributed by atoms with van der Waals surface area (Å²) in [6.45, 7) is 11.4. The fraction of sp³-hybridized carbons (Fsp3) is 0.833. The lowest BCUT2D eigenvalue weighted by atomic mass is 9.92. The van der Waals surface area contributed by atoms with Crippen LogP contribution in [0.3, 0.4) is 0 Å². The molecule has 2 fully saturated rings. The number of likely N-dealkylation sites (tertiary alicyclic amines) is 2. The summed E-state index contributed by atoms with van der Waals surface area (Å²) in [5.74, 6) is 4.64. The van der Waals surface area contributed by atoms with Crippen LogP contribution >= 0.6 is 0 Å². The molecule has 4 heteroatoms. The number of hydrogen-bond donors (Lipinski definition) is 1. The Morgan fingerprint density at radius 1 is 1.18 bits per heavy atom. The van der Waals surface area contributed by atoms with E-state index in [-0.39, 0.29) is 11.8 Å². The molecule has 0 spiro atoms. The summed E-state index contributed by atoms with van der Waals surface area (Å²) in [4.78, 5) is 17.0. The Bertz CT molecular complexity index is 386. The van der Waals surface area contributed by atoms with E-state index in [1.807, 2.05) is 0 Å². The minimum Gasteiger partial charge on any atom is -0.355 e. The van der Waals surface area contributed by atoms with Crippen molar-refractivity contribution >= 4 is 5.91 Å². The second-order valence-corrected chi connectivity index (χ2v) is 7.25. The number of nitrogens with zero attached hydrogens (tertiary/aromatic N) is 2. The fourth-order valence-electron chi connectivity index (χ4n) is 3.94. The van der Waals surface area contributed by atoms with Crippen LogP contribution in [0.4, 0.5) is 0 Å². The highest BCUT2D eigenvalue weighted by Crippen LogP contribution is 2.20. The van der Waals surface area contributed by atoms with E-state index in [2.05, 4.69) is 34.9 Å². The molecular weight excluding hydrogens is 274 g/mol. The summed E-state index contributed by atoms with van der Waals surface area (Å²) in [5.41, 5.74) is 0. The molecule has 0 aromatic heterocycles. The highest BCUT2D eigenvalue weighted by Gasteiger charge is 2.25. The Kier molecular flexibility index (Phi) is 6.72. The largest absolute Gasteiger partial charge is 0.355 e. The van der Waals surface area contributed by atoms with Gasteiger partial charge in [-0.25, -0.2) is 0 Å². The van der Waals surface area contributed by atoms with Crippen molar-refractivity contribution in [1.82, 2.24) is 15.1 Å². The molecule has 2 saturated heterocycles. The van der Waals surface area contributed by atoms with Gasteiger partial charge in [0.2, 0.25) is 5.91 Å². The lowest BCUT2D eigenvalue weighted by Crippen LogP contribution is -2.45. The van der Waals surface area contributed by atoms with Gasteiger partial charge in [0.25, 0.3) is 0 Å². The Morgan fingerprint density at radius 3 is 2.41 bits per heavy atom. The van der Waals surface area contributed by atoms with Gasteiger partial charge in [0.05, 0.1) is 6.54 Å². The van der Waals surface area contributed by atoms with Gasteiger partial charge >= 0.3 is 0 Å². The zero-order chi connectivity index (χ0) is 15.9. The topological polar surface area (TPSA) is 35.6 Å². The van der Waals surface area contributed by atoms with E-state index in [9.17, 15) is 4.79 Å². The van der Waals surface area contributed by atoms with Crippen LogP contribution in [0.25, 0.3) is 0 Å². The third kappa shape index (κ3) is 5.30. The first kappa shape index (κ1) is 17.3. The second kappa shape index (κ2) is 8.55. The van der Waals surface area contributed by atoms with Crippen LogP contribution in [0.1, 0.15) is 33.1 Å². The summed E-state index contributed by atoms with van der Waals surface area (Å²) in [6, 6.07) is 0. The second-order valence-electron chi connectivity index (χ2n) is 7.25. The van der Waals surface area contributed by atoms with E-state index in [0.29, 0.717) is 6.54 Å². The summed E-state index contributed by atoms with van der Waals surface area (Å²) < 4.78 is 0. The maximum Gasteiger partial charge on any atom is 0.223 e. The van der Waals surface area contributed by atoms with Gasteiger partial charge in [0.1, 0.15) is 0 Å². The van der Waals surface area contributed by atoms with Crippen molar-refractivity contribution in [2.24, 2.45) is 17.8 Å². The van der Waals surface area contributed by atoms with Crippen molar-refractivity contribution in [3.8, 4) is 12.3 Å². The van der Waals surface area contributed by atoms with E-state index in [1.165, 1.54) is 19.5 Å². The molecule has 1 amide bonds. The predicted molar refractivity (Wildman–Crippen MR) is 90.4 cm³/mol. The van der Waals surface area contributed by atoms with E-state index < -0.39 is 0 Å². The SMILES string of the molecule is C#CCN1CCC(C(=O)NCCN2C[C@H](C)C[C@@H](C)C2)CC1. The third-order valence-corrected chi connectivity index (χ3v) is 4.95. The highest BCUT2D eigenvalue weighted by atomic mass is 16.1. The Hall–Kier alpha value is -1.05. The summed E-state index contributed by atoms with van der Waals surface area (Å²) >= 11 is 0. The summed E-state index contributed by atoms with van der Waals surface area (Å²) in [6.07, 6.45) is 8.54. The summed E-state index contributed by atoms with van der Waals surface area (Å²) in [7, 11) is 0. The van der Waals surface area contributed by atoms with Gasteiger partial charge in [0.15, 0.2) is 0 Å². The minimum absolute atomic E-state index is 0.174. The maximum absolute atomic E-state index is 12.2. The molecule has 0 bridgehead atoms. The van der Waals surface area contributed by atoms with Gasteiger partial charge in [-0.15, -0.1) is 6.42 Å². The number of piperidine rings is 2. The molecule has 0 aromatic rings. The first-order valence-electron chi connectivity index (χ1n) is 8.74. The molecule has 0 unspecified atom stereocenters. The molecule has 2 aliphatic rings. The van der Waals surface area contributed by atoms with Gasteiger partial charge in [0, 0.05) is 32.1 Å². The fourth-order valence-corrected chi connectivity index (χ4v) is 3.94. The van der Waals surface area contributed by atoms with Crippen molar-refractivity contribution in [1.29, 1.82) is 0 Å². The van der Waals surface area contributed by atoms with Gasteiger partial charge in [-0.3, -0.25) is 9.69 Å². The van der Waals surface area contributed by atoms with Crippen LogP contribution < -0.4 is 5.32 Å². The van der Waals surface area contributed by atoms with Crippen LogP contribution in [-0.2, 0) is 4.79 Å². The standard InChI is InChI=1S/C18H31N3O/c1-4-8-20-9-5-17(6-10-20)18(22)19-7-11-21-13-15(2)12-16(3)14-21/h1,15-17H,5-14H2,2-3H3,(H,19,22)/t15-,16-/m1/s1.